The minimum absolute atomic E-state index is 0.0289. The van der Waals surface area contributed by atoms with E-state index in [4.69, 9.17) is 15.4 Å². The molecular weight excluding hydrogens is 294 g/mol. The number of carbonyl (C=O) groups is 1. The van der Waals surface area contributed by atoms with Crippen molar-refractivity contribution in [1.82, 2.24) is 0 Å². The van der Waals surface area contributed by atoms with E-state index in [0.717, 1.165) is 12.8 Å². The summed E-state index contributed by atoms with van der Waals surface area (Å²) < 4.78 is 27.3. The number of carboxylic acid groups (broad SMARTS) is 1. The molecule has 0 saturated carbocycles. The maximum Gasteiger partial charge on any atom is 0.303 e. The van der Waals surface area contributed by atoms with Gasteiger partial charge in [-0.3, -0.25) is 9.35 Å². The Bertz CT molecular complexity index is 330. The third-order valence-electron chi connectivity index (χ3n) is 2.87. The fourth-order valence-electron chi connectivity index (χ4n) is 1.74. The minimum Gasteiger partial charge on any atom is -0.481 e. The largest absolute Gasteiger partial charge is 0.481 e. The monoisotopic (exact) mass is 325 g/mol. The highest BCUT2D eigenvalue weighted by molar-refractivity contribution is 7.85. The highest BCUT2D eigenvalue weighted by Gasteiger charge is 1.98. The summed E-state index contributed by atoms with van der Waals surface area (Å²) >= 11 is 0. The Morgan fingerprint density at radius 2 is 1.38 bits per heavy atom. The molecule has 0 aromatic rings. The van der Waals surface area contributed by atoms with Crippen molar-refractivity contribution in [2.24, 2.45) is 5.73 Å². The summed E-state index contributed by atoms with van der Waals surface area (Å²) in [5.74, 6) is -1.01. The predicted molar refractivity (Wildman–Crippen MR) is 84.9 cm³/mol. The lowest BCUT2D eigenvalue weighted by molar-refractivity contribution is -0.137. The second-order valence-electron chi connectivity index (χ2n) is 5.05. The van der Waals surface area contributed by atoms with Crippen molar-refractivity contribution in [1.29, 1.82) is 0 Å². The number of hydrogen-bond donors (Lipinski definition) is 3. The van der Waals surface area contributed by atoms with E-state index in [1.54, 1.807) is 0 Å². The Balaban J connectivity index is 0. The van der Waals surface area contributed by atoms with Gasteiger partial charge >= 0.3 is 5.97 Å². The quantitative estimate of drug-likeness (QED) is 0.375. The fraction of sp³-hybridized carbons (Fsp3) is 0.929. The molecule has 0 aliphatic carbocycles. The zero-order valence-corrected chi connectivity index (χ0v) is 13.9. The fourth-order valence-corrected chi connectivity index (χ4v) is 2.03. The van der Waals surface area contributed by atoms with Crippen LogP contribution in [0.15, 0.2) is 0 Å². The number of rotatable bonds is 12. The van der Waals surface area contributed by atoms with Crippen LogP contribution in [0.2, 0.25) is 0 Å². The van der Waals surface area contributed by atoms with Crippen molar-refractivity contribution in [3.8, 4) is 0 Å². The molecule has 7 heteroatoms. The second-order valence-corrected chi connectivity index (χ2v) is 6.62. The Hall–Kier alpha value is -0.660. The standard InChI is InChI=1S/C12H24O2.C2H7NO3S/c1-2-3-4-5-6-7-8-9-10-11-12(13)14;3-1-2-7(4,5)6/h2-11H2,1H3,(H,13,14);1-3H2,(H,4,5,6). The average molecular weight is 325 g/mol. The first-order chi connectivity index (χ1) is 9.83. The van der Waals surface area contributed by atoms with E-state index < -0.39 is 16.1 Å². The molecule has 0 bridgehead atoms. The third kappa shape index (κ3) is 28.3. The van der Waals surface area contributed by atoms with Crippen molar-refractivity contribution in [2.75, 3.05) is 12.3 Å². The second kappa shape index (κ2) is 15.7. The Kier molecular flexibility index (Phi) is 16.9. The van der Waals surface area contributed by atoms with Crippen LogP contribution in [0.1, 0.15) is 71.1 Å². The predicted octanol–water partition coefficient (Wildman–Crippen LogP) is 2.82. The van der Waals surface area contributed by atoms with E-state index in [1.165, 1.54) is 44.9 Å². The van der Waals surface area contributed by atoms with E-state index >= 15 is 0 Å². The van der Waals surface area contributed by atoms with E-state index in [0.29, 0.717) is 6.42 Å². The van der Waals surface area contributed by atoms with Crippen LogP contribution in [0, 0.1) is 0 Å². The van der Waals surface area contributed by atoms with Gasteiger partial charge in [-0.1, -0.05) is 58.3 Å². The molecule has 0 aliphatic heterocycles. The summed E-state index contributed by atoms with van der Waals surface area (Å²) in [6.07, 6.45) is 11.5. The van der Waals surface area contributed by atoms with Crippen LogP contribution in [0.5, 0.6) is 0 Å². The highest BCUT2D eigenvalue weighted by atomic mass is 32.2. The molecule has 0 heterocycles. The van der Waals surface area contributed by atoms with Gasteiger partial charge in [-0.05, 0) is 6.42 Å². The number of nitrogens with two attached hydrogens (primary N) is 1. The number of hydrogen-bond acceptors (Lipinski definition) is 4. The molecule has 0 rings (SSSR count). The Morgan fingerprint density at radius 3 is 1.67 bits per heavy atom. The number of carboxylic acids is 1. The Morgan fingerprint density at radius 1 is 0.952 bits per heavy atom. The van der Waals surface area contributed by atoms with Gasteiger partial charge in [-0.15, -0.1) is 0 Å². The lowest BCUT2D eigenvalue weighted by atomic mass is 10.1. The molecule has 0 aromatic carbocycles. The average Bonchev–Trinajstić information content (AvgIpc) is 2.36. The molecule has 0 fully saturated rings. The zero-order chi connectivity index (χ0) is 16.6. The molecule has 0 radical (unpaired) electrons. The van der Waals surface area contributed by atoms with Gasteiger partial charge in [0.25, 0.3) is 10.1 Å². The van der Waals surface area contributed by atoms with Crippen LogP contribution in [0.4, 0.5) is 0 Å². The lowest BCUT2D eigenvalue weighted by Crippen LogP contribution is -2.13. The topological polar surface area (TPSA) is 118 Å². The SMILES string of the molecule is CCCCCCCCCCCC(=O)O.NCCS(=O)(=O)O. The van der Waals surface area contributed by atoms with E-state index in [1.807, 2.05) is 0 Å². The number of aliphatic carboxylic acids is 1. The zero-order valence-electron chi connectivity index (χ0n) is 13.1. The van der Waals surface area contributed by atoms with Crippen molar-refractivity contribution < 1.29 is 22.9 Å². The summed E-state index contributed by atoms with van der Waals surface area (Å²) in [6, 6.07) is 0. The van der Waals surface area contributed by atoms with Crippen LogP contribution in [0.3, 0.4) is 0 Å². The third-order valence-corrected chi connectivity index (χ3v) is 3.62. The van der Waals surface area contributed by atoms with Crippen LogP contribution >= 0.6 is 0 Å². The minimum atomic E-state index is -3.80. The summed E-state index contributed by atoms with van der Waals surface area (Å²) in [6.45, 7) is 2.20. The first-order valence-corrected chi connectivity index (χ1v) is 9.31. The van der Waals surface area contributed by atoms with Gasteiger partial charge in [0.1, 0.15) is 0 Å². The molecule has 0 unspecified atom stereocenters. The first-order valence-electron chi connectivity index (χ1n) is 7.70. The maximum atomic E-state index is 10.2. The molecule has 0 amide bonds. The van der Waals surface area contributed by atoms with Gasteiger partial charge in [-0.25, -0.2) is 0 Å². The van der Waals surface area contributed by atoms with Crippen LogP contribution in [-0.4, -0.2) is 36.3 Å². The summed E-state index contributed by atoms with van der Waals surface area (Å²) in [5.41, 5.74) is 4.78. The Labute approximate surface area is 128 Å². The lowest BCUT2D eigenvalue weighted by Gasteiger charge is -2.00. The van der Waals surface area contributed by atoms with Gasteiger partial charge in [0, 0.05) is 13.0 Å². The number of unbranched alkanes of at least 4 members (excludes halogenated alkanes) is 8. The van der Waals surface area contributed by atoms with Gasteiger partial charge in [0.05, 0.1) is 5.75 Å². The van der Waals surface area contributed by atoms with Crippen LogP contribution in [0.25, 0.3) is 0 Å². The van der Waals surface area contributed by atoms with Gasteiger partial charge < -0.3 is 10.8 Å². The van der Waals surface area contributed by atoms with Crippen molar-refractivity contribution in [3.63, 3.8) is 0 Å². The summed E-state index contributed by atoms with van der Waals surface area (Å²) in [5, 5.41) is 8.41. The molecular formula is C14H31NO5S. The van der Waals surface area contributed by atoms with Crippen LogP contribution < -0.4 is 5.73 Å². The molecule has 0 spiro atoms. The smallest absolute Gasteiger partial charge is 0.303 e. The molecule has 4 N–H and O–H groups in total. The molecule has 0 aliphatic rings. The molecule has 0 saturated heterocycles. The van der Waals surface area contributed by atoms with Crippen molar-refractivity contribution >= 4 is 16.1 Å². The van der Waals surface area contributed by atoms with E-state index in [2.05, 4.69) is 6.92 Å². The van der Waals surface area contributed by atoms with Crippen molar-refractivity contribution in [3.05, 3.63) is 0 Å². The van der Waals surface area contributed by atoms with Crippen LogP contribution in [-0.2, 0) is 14.9 Å². The normalized spacial score (nSPS) is 10.8. The molecule has 0 aromatic heterocycles. The van der Waals surface area contributed by atoms with Gasteiger partial charge in [0.2, 0.25) is 0 Å². The van der Waals surface area contributed by atoms with E-state index in [-0.39, 0.29) is 12.3 Å². The van der Waals surface area contributed by atoms with E-state index in [9.17, 15) is 13.2 Å². The summed E-state index contributed by atoms with van der Waals surface area (Å²) in [7, 11) is -3.80. The highest BCUT2D eigenvalue weighted by Crippen LogP contribution is 2.10. The maximum absolute atomic E-state index is 10.2. The van der Waals surface area contributed by atoms with Crippen molar-refractivity contribution in [2.45, 2.75) is 71.1 Å². The summed E-state index contributed by atoms with van der Waals surface area (Å²) in [4.78, 5) is 10.2. The first kappa shape index (κ1) is 22.6. The molecule has 6 nitrogen and oxygen atoms in total. The molecule has 21 heavy (non-hydrogen) atoms. The van der Waals surface area contributed by atoms with Gasteiger partial charge in [0.15, 0.2) is 0 Å². The van der Waals surface area contributed by atoms with Gasteiger partial charge in [-0.2, -0.15) is 8.42 Å². The molecule has 0 atom stereocenters. The molecule has 128 valence electrons.